The largest absolute Gasteiger partial charge is 0.481 e. The fourth-order valence-electron chi connectivity index (χ4n) is 2.31. The predicted octanol–water partition coefficient (Wildman–Crippen LogP) is 0.282. The van der Waals surface area contributed by atoms with Crippen LogP contribution in [0.2, 0.25) is 0 Å². The highest BCUT2D eigenvalue weighted by Crippen LogP contribution is 2.22. The van der Waals surface area contributed by atoms with Crippen molar-refractivity contribution in [1.29, 1.82) is 0 Å². The molecule has 2 unspecified atom stereocenters. The maximum absolute atomic E-state index is 12.0. The number of nitrogens with zero attached hydrogens (tertiary/aromatic N) is 3. The van der Waals surface area contributed by atoms with Gasteiger partial charge in [-0.3, -0.25) is 9.48 Å². The van der Waals surface area contributed by atoms with Gasteiger partial charge in [-0.05, 0) is 12.0 Å². The number of nitrogens with one attached hydrogen (secondary N) is 1. The molecule has 2 amide bonds. The number of carboxylic acid groups (broad SMARTS) is 1. The Balaban J connectivity index is 1.88. The maximum Gasteiger partial charge on any atom is 0.317 e. The lowest BCUT2D eigenvalue weighted by Crippen LogP contribution is -2.39. The van der Waals surface area contributed by atoms with E-state index in [1.165, 1.54) is 0 Å². The third kappa shape index (κ3) is 2.86. The van der Waals surface area contributed by atoms with Crippen LogP contribution in [0.1, 0.15) is 12.6 Å². The Morgan fingerprint density at radius 1 is 1.53 bits per heavy atom. The van der Waals surface area contributed by atoms with Crippen LogP contribution in [0.3, 0.4) is 0 Å². The third-order valence-corrected chi connectivity index (χ3v) is 3.56. The molecule has 1 saturated heterocycles. The van der Waals surface area contributed by atoms with Crippen LogP contribution in [0.15, 0.2) is 12.3 Å². The Kier molecular flexibility index (Phi) is 3.73. The fourth-order valence-corrected chi connectivity index (χ4v) is 2.31. The topological polar surface area (TPSA) is 87.5 Å². The van der Waals surface area contributed by atoms with Crippen LogP contribution in [0.5, 0.6) is 0 Å². The maximum atomic E-state index is 12.0. The molecule has 1 aromatic rings. The lowest BCUT2D eigenvalue weighted by atomic mass is 9.99. The first-order valence-electron chi connectivity index (χ1n) is 6.21. The van der Waals surface area contributed by atoms with Crippen LogP contribution in [0.25, 0.3) is 0 Å². The first-order valence-corrected chi connectivity index (χ1v) is 6.21. The molecule has 0 aliphatic carbocycles. The minimum atomic E-state index is -0.838. The third-order valence-electron chi connectivity index (χ3n) is 3.56. The van der Waals surface area contributed by atoms with Gasteiger partial charge < -0.3 is 15.3 Å². The number of hydrogen-bond acceptors (Lipinski definition) is 3. The predicted molar refractivity (Wildman–Crippen MR) is 67.3 cm³/mol. The second-order valence-corrected chi connectivity index (χ2v) is 4.93. The number of aryl methyl sites for hydroxylation is 1. The molecule has 2 heterocycles. The lowest BCUT2D eigenvalue weighted by molar-refractivity contribution is -0.142. The summed E-state index contributed by atoms with van der Waals surface area (Å²) < 4.78 is 1.69. The average molecular weight is 266 g/mol. The van der Waals surface area contributed by atoms with Gasteiger partial charge in [0.2, 0.25) is 0 Å². The average Bonchev–Trinajstić information content (AvgIpc) is 2.92. The van der Waals surface area contributed by atoms with Gasteiger partial charge in [-0.15, -0.1) is 0 Å². The van der Waals surface area contributed by atoms with E-state index in [0.717, 1.165) is 5.69 Å². The molecule has 2 N–H and O–H groups in total. The normalized spacial score (nSPS) is 22.5. The number of aliphatic carboxylic acids is 1. The van der Waals surface area contributed by atoms with E-state index in [0.29, 0.717) is 13.1 Å². The number of amides is 2. The highest BCUT2D eigenvalue weighted by Gasteiger charge is 2.36. The van der Waals surface area contributed by atoms with Crippen molar-refractivity contribution in [3.63, 3.8) is 0 Å². The summed E-state index contributed by atoms with van der Waals surface area (Å²) in [4.78, 5) is 24.5. The quantitative estimate of drug-likeness (QED) is 0.822. The molecular weight excluding hydrogens is 248 g/mol. The Hall–Kier alpha value is -2.05. The minimum Gasteiger partial charge on any atom is -0.481 e. The molecule has 0 radical (unpaired) electrons. The van der Waals surface area contributed by atoms with Crippen LogP contribution in [0, 0.1) is 11.8 Å². The van der Waals surface area contributed by atoms with Gasteiger partial charge in [0.05, 0.1) is 18.2 Å². The van der Waals surface area contributed by atoms with Crippen LogP contribution in [0.4, 0.5) is 4.79 Å². The highest BCUT2D eigenvalue weighted by molar-refractivity contribution is 5.77. The van der Waals surface area contributed by atoms with E-state index in [2.05, 4.69) is 10.4 Å². The van der Waals surface area contributed by atoms with Crippen molar-refractivity contribution in [2.24, 2.45) is 18.9 Å². The van der Waals surface area contributed by atoms with Gasteiger partial charge in [-0.1, -0.05) is 6.92 Å². The molecule has 0 bridgehead atoms. The van der Waals surface area contributed by atoms with Gasteiger partial charge in [0.15, 0.2) is 0 Å². The van der Waals surface area contributed by atoms with Gasteiger partial charge in [0.1, 0.15) is 0 Å². The molecule has 104 valence electrons. The lowest BCUT2D eigenvalue weighted by Gasteiger charge is -2.16. The Morgan fingerprint density at radius 3 is 2.79 bits per heavy atom. The van der Waals surface area contributed by atoms with Crippen molar-refractivity contribution in [3.8, 4) is 0 Å². The number of rotatable bonds is 3. The van der Waals surface area contributed by atoms with Crippen molar-refractivity contribution in [1.82, 2.24) is 20.0 Å². The van der Waals surface area contributed by atoms with Crippen LogP contribution < -0.4 is 5.32 Å². The molecule has 2 atom stereocenters. The fraction of sp³-hybridized carbons (Fsp3) is 0.583. The van der Waals surface area contributed by atoms with Crippen molar-refractivity contribution in [3.05, 3.63) is 18.0 Å². The monoisotopic (exact) mass is 266 g/mol. The smallest absolute Gasteiger partial charge is 0.317 e. The number of urea groups is 1. The molecule has 19 heavy (non-hydrogen) atoms. The van der Waals surface area contributed by atoms with E-state index in [-0.39, 0.29) is 18.5 Å². The summed E-state index contributed by atoms with van der Waals surface area (Å²) in [6.07, 6.45) is 1.67. The van der Waals surface area contributed by atoms with Crippen molar-refractivity contribution >= 4 is 12.0 Å². The van der Waals surface area contributed by atoms with Crippen LogP contribution in [-0.4, -0.2) is 44.9 Å². The van der Waals surface area contributed by atoms with Gasteiger partial charge in [-0.25, -0.2) is 4.79 Å². The Morgan fingerprint density at radius 2 is 2.26 bits per heavy atom. The number of aromatic nitrogens is 2. The van der Waals surface area contributed by atoms with Gasteiger partial charge in [-0.2, -0.15) is 5.10 Å². The standard InChI is InChI=1S/C12H18N4O3/c1-8-6-16(7-10(8)11(17)18)12(19)13-5-9-3-4-14-15(9)2/h3-4,8,10H,5-7H2,1-2H3,(H,13,19)(H,17,18). The van der Waals surface area contributed by atoms with E-state index in [1.807, 2.05) is 13.0 Å². The molecular formula is C12H18N4O3. The first kappa shape index (κ1) is 13.4. The zero-order valence-electron chi connectivity index (χ0n) is 11.0. The number of carbonyl (C=O) groups is 2. The van der Waals surface area contributed by atoms with Crippen LogP contribution in [-0.2, 0) is 18.4 Å². The molecule has 0 saturated carbocycles. The molecule has 1 fully saturated rings. The van der Waals surface area contributed by atoms with Crippen molar-refractivity contribution in [2.45, 2.75) is 13.5 Å². The summed E-state index contributed by atoms with van der Waals surface area (Å²) >= 11 is 0. The zero-order valence-corrected chi connectivity index (χ0v) is 11.0. The Labute approximate surface area is 111 Å². The summed E-state index contributed by atoms with van der Waals surface area (Å²) in [5.41, 5.74) is 0.898. The summed E-state index contributed by atoms with van der Waals surface area (Å²) in [6.45, 7) is 2.99. The molecule has 1 aromatic heterocycles. The molecule has 0 spiro atoms. The van der Waals surface area contributed by atoms with Gasteiger partial charge >= 0.3 is 12.0 Å². The molecule has 1 aliphatic heterocycles. The zero-order chi connectivity index (χ0) is 14.0. The summed E-state index contributed by atoms with van der Waals surface area (Å²) in [6, 6.07) is 1.60. The summed E-state index contributed by atoms with van der Waals surface area (Å²) in [7, 11) is 1.81. The second-order valence-electron chi connectivity index (χ2n) is 4.93. The summed E-state index contributed by atoms with van der Waals surface area (Å²) in [5, 5.41) is 15.8. The van der Waals surface area contributed by atoms with Gasteiger partial charge in [0.25, 0.3) is 0 Å². The molecule has 7 nitrogen and oxygen atoms in total. The Bertz CT molecular complexity index is 485. The number of hydrogen-bond donors (Lipinski definition) is 2. The van der Waals surface area contributed by atoms with Crippen LogP contribution >= 0.6 is 0 Å². The van der Waals surface area contributed by atoms with E-state index < -0.39 is 11.9 Å². The van der Waals surface area contributed by atoms with Crippen molar-refractivity contribution < 1.29 is 14.7 Å². The number of likely N-dealkylation sites (tertiary alicyclic amines) is 1. The molecule has 2 rings (SSSR count). The van der Waals surface area contributed by atoms with E-state index >= 15 is 0 Å². The highest BCUT2D eigenvalue weighted by atomic mass is 16.4. The SMILES string of the molecule is CC1CN(C(=O)NCc2ccnn2C)CC1C(=O)O. The molecule has 7 heteroatoms. The molecule has 1 aliphatic rings. The van der Waals surface area contributed by atoms with E-state index in [1.54, 1.807) is 22.8 Å². The number of carbonyl (C=O) groups excluding carboxylic acids is 1. The van der Waals surface area contributed by atoms with Crippen molar-refractivity contribution in [2.75, 3.05) is 13.1 Å². The minimum absolute atomic E-state index is 0.0139. The van der Waals surface area contributed by atoms with E-state index in [9.17, 15) is 9.59 Å². The second kappa shape index (κ2) is 5.29. The molecule has 0 aromatic carbocycles. The summed E-state index contributed by atoms with van der Waals surface area (Å²) in [5.74, 6) is -1.32. The number of carboxylic acids is 1. The van der Waals surface area contributed by atoms with E-state index in [4.69, 9.17) is 5.11 Å². The first-order chi connectivity index (χ1) is 8.99. The van der Waals surface area contributed by atoms with Gasteiger partial charge in [0, 0.05) is 26.3 Å².